The first-order valence-electron chi connectivity index (χ1n) is 10.2. The zero-order valence-electron chi connectivity index (χ0n) is 18.7. The molecule has 7 nitrogen and oxygen atoms in total. The van der Waals surface area contributed by atoms with Gasteiger partial charge in [-0.15, -0.1) is 22.7 Å². The fourth-order valence-electron chi connectivity index (χ4n) is 3.07. The van der Waals surface area contributed by atoms with Gasteiger partial charge in [0.1, 0.15) is 26.5 Å². The molecule has 0 saturated heterocycles. The summed E-state index contributed by atoms with van der Waals surface area (Å²) in [5.41, 5.74) is 4.01. The number of nitriles is 1. The third kappa shape index (κ3) is 5.30. The lowest BCUT2D eigenvalue weighted by Crippen LogP contribution is -2.08. The fourth-order valence-corrected chi connectivity index (χ4v) is 4.95. The fraction of sp³-hybridized carbons (Fsp3) is 0.250. The number of nitrogens with one attached hydrogen (secondary N) is 1. The van der Waals surface area contributed by atoms with Crippen molar-refractivity contribution in [1.29, 1.82) is 5.26 Å². The molecule has 2 aromatic heterocycles. The Labute approximate surface area is 200 Å². The quantitative estimate of drug-likeness (QED) is 0.326. The minimum atomic E-state index is -0.553. The number of thiazole rings is 1. The molecule has 0 aliphatic rings. The molecule has 0 spiro atoms. The summed E-state index contributed by atoms with van der Waals surface area (Å²) in [5.74, 6) is -1.10. The molecule has 1 N–H and O–H groups in total. The van der Waals surface area contributed by atoms with Crippen molar-refractivity contribution in [2.24, 2.45) is 0 Å². The van der Waals surface area contributed by atoms with Crippen LogP contribution in [0.5, 0.6) is 0 Å². The maximum atomic E-state index is 12.5. The van der Waals surface area contributed by atoms with E-state index in [4.69, 9.17) is 9.47 Å². The highest BCUT2D eigenvalue weighted by Crippen LogP contribution is 2.35. The predicted octanol–water partition coefficient (Wildman–Crippen LogP) is 5.68. The number of methoxy groups -OCH3 is 1. The van der Waals surface area contributed by atoms with Crippen molar-refractivity contribution in [3.8, 4) is 17.3 Å². The van der Waals surface area contributed by atoms with Gasteiger partial charge in [0.05, 0.1) is 25.0 Å². The van der Waals surface area contributed by atoms with Crippen LogP contribution in [0.25, 0.3) is 16.8 Å². The highest BCUT2D eigenvalue weighted by molar-refractivity contribution is 7.18. The minimum absolute atomic E-state index is 0.196. The van der Waals surface area contributed by atoms with Crippen LogP contribution in [0.2, 0.25) is 0 Å². The Morgan fingerprint density at radius 3 is 2.55 bits per heavy atom. The van der Waals surface area contributed by atoms with Gasteiger partial charge in [-0.25, -0.2) is 14.6 Å². The zero-order chi connectivity index (χ0) is 24.0. The van der Waals surface area contributed by atoms with Gasteiger partial charge < -0.3 is 14.8 Å². The molecule has 0 radical (unpaired) electrons. The molecule has 33 heavy (non-hydrogen) atoms. The average Bonchev–Trinajstić information content (AvgIpc) is 3.44. The number of carbonyl (C=O) groups excluding carboxylic acids is 2. The van der Waals surface area contributed by atoms with Crippen LogP contribution >= 0.6 is 22.7 Å². The summed E-state index contributed by atoms with van der Waals surface area (Å²) in [6.45, 7) is 5.66. The number of rotatable bonds is 8. The third-order valence-electron chi connectivity index (χ3n) is 4.86. The van der Waals surface area contributed by atoms with E-state index in [2.05, 4.69) is 35.4 Å². The number of nitrogens with zero attached hydrogens (tertiary/aromatic N) is 2. The predicted molar refractivity (Wildman–Crippen MR) is 130 cm³/mol. The van der Waals surface area contributed by atoms with Gasteiger partial charge in [-0.05, 0) is 31.4 Å². The monoisotopic (exact) mass is 481 g/mol. The SMILES string of the molecule is CCOC(=O)c1c(N/C=C(/C#N)c2nc(-c3ccc(CC)cc3)cs2)sc(C(=O)OC)c1C. The Balaban J connectivity index is 1.91. The number of allylic oxidation sites excluding steroid dienone is 1. The van der Waals surface area contributed by atoms with Gasteiger partial charge in [0.25, 0.3) is 0 Å². The Morgan fingerprint density at radius 2 is 1.94 bits per heavy atom. The zero-order valence-corrected chi connectivity index (χ0v) is 20.4. The van der Waals surface area contributed by atoms with Crippen molar-refractivity contribution in [2.75, 3.05) is 19.0 Å². The number of benzene rings is 1. The maximum absolute atomic E-state index is 12.5. The van der Waals surface area contributed by atoms with E-state index in [0.29, 0.717) is 26.0 Å². The van der Waals surface area contributed by atoms with Crippen molar-refractivity contribution in [3.05, 3.63) is 62.4 Å². The average molecular weight is 482 g/mol. The molecule has 0 amide bonds. The molecule has 9 heteroatoms. The van der Waals surface area contributed by atoms with Crippen molar-refractivity contribution in [3.63, 3.8) is 0 Å². The van der Waals surface area contributed by atoms with Crippen molar-refractivity contribution >= 4 is 45.2 Å². The Morgan fingerprint density at radius 1 is 1.21 bits per heavy atom. The van der Waals surface area contributed by atoms with E-state index in [0.717, 1.165) is 29.0 Å². The van der Waals surface area contributed by atoms with E-state index in [9.17, 15) is 14.9 Å². The molecule has 0 fully saturated rings. The van der Waals surface area contributed by atoms with Gasteiger partial charge in [-0.1, -0.05) is 31.2 Å². The van der Waals surface area contributed by atoms with Gasteiger partial charge in [0, 0.05) is 17.1 Å². The minimum Gasteiger partial charge on any atom is -0.465 e. The molecule has 0 saturated carbocycles. The van der Waals surface area contributed by atoms with Gasteiger partial charge in [-0.2, -0.15) is 5.26 Å². The largest absolute Gasteiger partial charge is 0.465 e. The number of anilines is 1. The Kier molecular flexibility index (Phi) is 7.98. The van der Waals surface area contributed by atoms with Crippen LogP contribution in [-0.2, 0) is 15.9 Å². The molecule has 170 valence electrons. The van der Waals surface area contributed by atoms with Gasteiger partial charge in [0.2, 0.25) is 0 Å². The molecule has 3 rings (SSSR count). The first-order valence-corrected chi connectivity index (χ1v) is 11.9. The van der Waals surface area contributed by atoms with Crippen LogP contribution in [-0.4, -0.2) is 30.6 Å². The highest BCUT2D eigenvalue weighted by Gasteiger charge is 2.26. The van der Waals surface area contributed by atoms with Crippen LogP contribution in [0, 0.1) is 18.3 Å². The van der Waals surface area contributed by atoms with Crippen LogP contribution in [0.15, 0.2) is 35.8 Å². The lowest BCUT2D eigenvalue weighted by atomic mass is 10.1. The van der Waals surface area contributed by atoms with E-state index >= 15 is 0 Å². The molecule has 0 bridgehead atoms. The van der Waals surface area contributed by atoms with E-state index in [1.54, 1.807) is 13.8 Å². The van der Waals surface area contributed by atoms with E-state index in [1.165, 1.54) is 30.2 Å². The molecule has 0 aliphatic heterocycles. The number of thiophene rings is 1. The number of esters is 2. The molecule has 2 heterocycles. The lowest BCUT2D eigenvalue weighted by molar-refractivity contribution is 0.0527. The highest BCUT2D eigenvalue weighted by atomic mass is 32.1. The van der Waals surface area contributed by atoms with Crippen LogP contribution < -0.4 is 5.32 Å². The van der Waals surface area contributed by atoms with E-state index in [1.807, 2.05) is 17.5 Å². The summed E-state index contributed by atoms with van der Waals surface area (Å²) in [7, 11) is 1.28. The van der Waals surface area contributed by atoms with Crippen LogP contribution in [0.4, 0.5) is 5.00 Å². The molecule has 1 aromatic carbocycles. The molecule has 3 aromatic rings. The summed E-state index contributed by atoms with van der Waals surface area (Å²) in [6.07, 6.45) is 2.45. The molecule has 0 atom stereocenters. The number of aromatic nitrogens is 1. The summed E-state index contributed by atoms with van der Waals surface area (Å²) in [4.78, 5) is 29.5. The summed E-state index contributed by atoms with van der Waals surface area (Å²) < 4.78 is 9.96. The van der Waals surface area contributed by atoms with Gasteiger partial charge in [-0.3, -0.25) is 0 Å². The van der Waals surface area contributed by atoms with Gasteiger partial charge >= 0.3 is 11.9 Å². The van der Waals surface area contributed by atoms with E-state index < -0.39 is 11.9 Å². The van der Waals surface area contributed by atoms with Crippen molar-refractivity contribution in [1.82, 2.24) is 4.98 Å². The standard InChI is InChI=1S/C24H23N3O4S2/c1-5-15-7-9-16(10-8-15)18-13-32-21(27-18)17(11-25)12-26-22-19(23(28)31-6-2)14(3)20(33-22)24(29)30-4/h7-10,12-13,26H,5-6H2,1-4H3/b17-12-. The summed E-state index contributed by atoms with van der Waals surface area (Å²) in [5, 5.41) is 15.5. The second-order valence-electron chi connectivity index (χ2n) is 6.87. The summed E-state index contributed by atoms with van der Waals surface area (Å²) >= 11 is 2.42. The second-order valence-corrected chi connectivity index (χ2v) is 8.75. The number of ether oxygens (including phenoxy) is 2. The molecule has 0 unspecified atom stereocenters. The topological polar surface area (TPSA) is 101 Å². The van der Waals surface area contributed by atoms with Gasteiger partial charge in [0.15, 0.2) is 0 Å². The number of carbonyl (C=O) groups is 2. The molecule has 0 aliphatic carbocycles. The molecular formula is C24H23N3O4S2. The van der Waals surface area contributed by atoms with Crippen LogP contribution in [0.1, 0.15) is 50.0 Å². The maximum Gasteiger partial charge on any atom is 0.348 e. The first kappa shape index (κ1) is 24.2. The molecular weight excluding hydrogens is 458 g/mol. The van der Waals surface area contributed by atoms with Crippen LogP contribution in [0.3, 0.4) is 0 Å². The van der Waals surface area contributed by atoms with E-state index in [-0.39, 0.29) is 12.2 Å². The first-order chi connectivity index (χ1) is 15.9. The van der Waals surface area contributed by atoms with Crippen molar-refractivity contribution < 1.29 is 19.1 Å². The third-order valence-corrected chi connectivity index (χ3v) is 6.94. The lowest BCUT2D eigenvalue weighted by Gasteiger charge is -2.05. The number of aryl methyl sites for hydroxylation is 1. The smallest absolute Gasteiger partial charge is 0.348 e. The number of hydrogen-bond donors (Lipinski definition) is 1. The van der Waals surface area contributed by atoms with Crippen molar-refractivity contribution in [2.45, 2.75) is 27.2 Å². The second kappa shape index (κ2) is 10.9. The number of hydrogen-bond acceptors (Lipinski definition) is 9. The Hall–Kier alpha value is -3.48. The summed E-state index contributed by atoms with van der Waals surface area (Å²) in [6, 6.07) is 10.3. The Bertz CT molecular complexity index is 1230. The normalized spacial score (nSPS) is 11.1.